The highest BCUT2D eigenvalue weighted by Crippen LogP contribution is 2.32. The van der Waals surface area contributed by atoms with Crippen LogP contribution in [0, 0.1) is 5.92 Å². The van der Waals surface area contributed by atoms with Crippen molar-refractivity contribution in [3.63, 3.8) is 0 Å². The molecule has 126 valence electrons. The van der Waals surface area contributed by atoms with Crippen LogP contribution >= 0.6 is 27.5 Å². The summed E-state index contributed by atoms with van der Waals surface area (Å²) < 4.78 is 6.40. The summed E-state index contributed by atoms with van der Waals surface area (Å²) in [4.78, 5) is 14.9. The minimum Gasteiger partial charge on any atom is -0.381 e. The van der Waals surface area contributed by atoms with Crippen molar-refractivity contribution in [2.45, 2.75) is 50.7 Å². The number of methoxy groups -OCH3 is 1. The first-order chi connectivity index (χ1) is 11.1. The SMILES string of the molecule is CO[C@H]1CC[C@@H](N2CCC(Cc3ccc(Br)cc3Cl)C2=O)CC1. The van der Waals surface area contributed by atoms with Crippen molar-refractivity contribution in [2.75, 3.05) is 13.7 Å². The summed E-state index contributed by atoms with van der Waals surface area (Å²) in [5, 5.41) is 0.742. The van der Waals surface area contributed by atoms with Crippen LogP contribution in [-0.2, 0) is 16.0 Å². The molecule has 1 saturated carbocycles. The fraction of sp³-hybridized carbons (Fsp3) is 0.611. The highest BCUT2D eigenvalue weighted by Gasteiger charge is 2.37. The normalized spacial score (nSPS) is 28.4. The minimum atomic E-state index is 0.0776. The van der Waals surface area contributed by atoms with Gasteiger partial charge in [0.2, 0.25) is 5.91 Å². The molecule has 1 aliphatic carbocycles. The van der Waals surface area contributed by atoms with E-state index in [4.69, 9.17) is 16.3 Å². The van der Waals surface area contributed by atoms with E-state index >= 15 is 0 Å². The maximum absolute atomic E-state index is 12.8. The van der Waals surface area contributed by atoms with Crippen LogP contribution in [0.15, 0.2) is 22.7 Å². The Morgan fingerprint density at radius 2 is 2.00 bits per heavy atom. The third-order valence-corrected chi connectivity index (χ3v) is 6.10. The Morgan fingerprint density at radius 1 is 1.26 bits per heavy atom. The average Bonchev–Trinajstić information content (AvgIpc) is 2.91. The van der Waals surface area contributed by atoms with E-state index in [2.05, 4.69) is 20.8 Å². The summed E-state index contributed by atoms with van der Waals surface area (Å²) in [6.07, 6.45) is 6.32. The zero-order valence-electron chi connectivity index (χ0n) is 13.4. The fourth-order valence-corrected chi connectivity index (χ4v) is 4.61. The zero-order valence-corrected chi connectivity index (χ0v) is 15.8. The van der Waals surface area contributed by atoms with Gasteiger partial charge in [-0.2, -0.15) is 0 Å². The van der Waals surface area contributed by atoms with Crippen LogP contribution in [-0.4, -0.2) is 36.6 Å². The van der Waals surface area contributed by atoms with Gasteiger partial charge in [-0.05, 0) is 56.2 Å². The molecule has 2 fully saturated rings. The number of hydrogen-bond acceptors (Lipinski definition) is 2. The van der Waals surface area contributed by atoms with Gasteiger partial charge in [0.1, 0.15) is 0 Å². The number of amides is 1. The van der Waals surface area contributed by atoms with Gasteiger partial charge in [0.15, 0.2) is 0 Å². The molecule has 2 aliphatic rings. The van der Waals surface area contributed by atoms with Crippen LogP contribution in [0.25, 0.3) is 0 Å². The number of ether oxygens (including phenoxy) is 1. The van der Waals surface area contributed by atoms with E-state index in [0.717, 1.165) is 60.1 Å². The molecule has 1 aliphatic heterocycles. The predicted molar refractivity (Wildman–Crippen MR) is 95.7 cm³/mol. The van der Waals surface area contributed by atoms with Gasteiger partial charge < -0.3 is 9.64 Å². The molecule has 0 N–H and O–H groups in total. The Bertz CT molecular complexity index is 572. The second-order valence-electron chi connectivity index (χ2n) is 6.62. The van der Waals surface area contributed by atoms with Crippen LogP contribution in [0.3, 0.4) is 0 Å². The number of carbonyl (C=O) groups is 1. The van der Waals surface area contributed by atoms with Gasteiger partial charge >= 0.3 is 0 Å². The van der Waals surface area contributed by atoms with Crippen molar-refractivity contribution >= 4 is 33.4 Å². The van der Waals surface area contributed by atoms with Crippen LogP contribution in [0.5, 0.6) is 0 Å². The van der Waals surface area contributed by atoms with Gasteiger partial charge in [-0.1, -0.05) is 33.6 Å². The van der Waals surface area contributed by atoms with Gasteiger partial charge in [-0.15, -0.1) is 0 Å². The van der Waals surface area contributed by atoms with Crippen LogP contribution < -0.4 is 0 Å². The van der Waals surface area contributed by atoms with Crippen molar-refractivity contribution in [1.29, 1.82) is 0 Å². The van der Waals surface area contributed by atoms with Gasteiger partial charge in [0.25, 0.3) is 0 Å². The van der Waals surface area contributed by atoms with E-state index in [9.17, 15) is 4.79 Å². The minimum absolute atomic E-state index is 0.0776. The molecule has 1 atom stereocenters. The lowest BCUT2D eigenvalue weighted by Crippen LogP contribution is -2.41. The van der Waals surface area contributed by atoms with E-state index < -0.39 is 0 Å². The number of nitrogens with zero attached hydrogens (tertiary/aromatic N) is 1. The maximum Gasteiger partial charge on any atom is 0.226 e. The van der Waals surface area contributed by atoms with Crippen molar-refractivity contribution in [1.82, 2.24) is 4.90 Å². The molecule has 3 nitrogen and oxygen atoms in total. The molecule has 0 aromatic heterocycles. The molecule has 1 aromatic carbocycles. The second kappa shape index (κ2) is 7.54. The second-order valence-corrected chi connectivity index (χ2v) is 7.95. The molecule has 1 amide bonds. The Kier molecular flexibility index (Phi) is 5.65. The van der Waals surface area contributed by atoms with Crippen LogP contribution in [0.4, 0.5) is 0 Å². The average molecular weight is 401 g/mol. The molecule has 0 bridgehead atoms. The smallest absolute Gasteiger partial charge is 0.226 e. The summed E-state index contributed by atoms with van der Waals surface area (Å²) in [6.45, 7) is 0.889. The number of carbonyl (C=O) groups excluding carboxylic acids is 1. The summed E-state index contributed by atoms with van der Waals surface area (Å²) in [5.74, 6) is 0.388. The van der Waals surface area contributed by atoms with Crippen molar-refractivity contribution in [2.24, 2.45) is 5.92 Å². The molecule has 1 heterocycles. The lowest BCUT2D eigenvalue weighted by molar-refractivity contribution is -0.134. The molecule has 1 unspecified atom stereocenters. The Morgan fingerprint density at radius 3 is 2.65 bits per heavy atom. The molecular formula is C18H23BrClNO2. The van der Waals surface area contributed by atoms with Gasteiger partial charge in [-0.25, -0.2) is 0 Å². The van der Waals surface area contributed by atoms with Crippen LogP contribution in [0.1, 0.15) is 37.7 Å². The number of hydrogen-bond donors (Lipinski definition) is 0. The van der Waals surface area contributed by atoms with Gasteiger partial charge in [-0.3, -0.25) is 4.79 Å². The molecule has 3 rings (SSSR count). The fourth-order valence-electron chi connectivity index (χ4n) is 3.86. The maximum atomic E-state index is 12.8. The van der Waals surface area contributed by atoms with E-state index in [-0.39, 0.29) is 5.92 Å². The van der Waals surface area contributed by atoms with Crippen molar-refractivity contribution < 1.29 is 9.53 Å². The van der Waals surface area contributed by atoms with Crippen LogP contribution in [0.2, 0.25) is 5.02 Å². The van der Waals surface area contributed by atoms with E-state index in [0.29, 0.717) is 18.1 Å². The summed E-state index contributed by atoms with van der Waals surface area (Å²) in [6, 6.07) is 6.32. The highest BCUT2D eigenvalue weighted by atomic mass is 79.9. The number of likely N-dealkylation sites (tertiary alicyclic amines) is 1. The lowest BCUT2D eigenvalue weighted by atomic mass is 9.91. The standard InChI is InChI=1S/C18H23BrClNO2/c1-23-16-6-4-15(5-7-16)21-9-8-13(18(21)22)10-12-2-3-14(19)11-17(12)20/h2-3,11,13,15-16H,4-10H2,1H3/t13?,15-,16+. The molecule has 1 saturated heterocycles. The third-order valence-electron chi connectivity index (χ3n) is 5.25. The number of rotatable bonds is 4. The molecule has 5 heteroatoms. The zero-order chi connectivity index (χ0) is 16.4. The number of halogens is 2. The Hall–Kier alpha value is -0.580. The van der Waals surface area contributed by atoms with E-state index in [1.165, 1.54) is 0 Å². The van der Waals surface area contributed by atoms with E-state index in [1.54, 1.807) is 7.11 Å². The van der Waals surface area contributed by atoms with Crippen molar-refractivity contribution in [3.8, 4) is 0 Å². The molecule has 0 spiro atoms. The third kappa shape index (κ3) is 3.92. The quantitative estimate of drug-likeness (QED) is 0.747. The molecular weight excluding hydrogens is 378 g/mol. The van der Waals surface area contributed by atoms with Crippen molar-refractivity contribution in [3.05, 3.63) is 33.3 Å². The predicted octanol–water partition coefficient (Wildman–Crippen LogP) is 4.45. The lowest BCUT2D eigenvalue weighted by Gasteiger charge is -2.34. The monoisotopic (exact) mass is 399 g/mol. The topological polar surface area (TPSA) is 29.5 Å². The Labute approximate surface area is 151 Å². The summed E-state index contributed by atoms with van der Waals surface area (Å²) in [7, 11) is 1.78. The first kappa shape index (κ1) is 17.2. The number of benzene rings is 1. The highest BCUT2D eigenvalue weighted by molar-refractivity contribution is 9.10. The Balaban J connectivity index is 1.60. The first-order valence-electron chi connectivity index (χ1n) is 8.35. The summed E-state index contributed by atoms with van der Waals surface area (Å²) >= 11 is 9.73. The van der Waals surface area contributed by atoms with Gasteiger partial charge in [0, 0.05) is 35.1 Å². The van der Waals surface area contributed by atoms with E-state index in [1.807, 2.05) is 18.2 Å². The molecule has 23 heavy (non-hydrogen) atoms. The molecule has 0 radical (unpaired) electrons. The summed E-state index contributed by atoms with van der Waals surface area (Å²) in [5.41, 5.74) is 1.07. The largest absolute Gasteiger partial charge is 0.381 e. The first-order valence-corrected chi connectivity index (χ1v) is 9.52. The molecule has 1 aromatic rings. The van der Waals surface area contributed by atoms with Gasteiger partial charge in [0.05, 0.1) is 6.10 Å².